The molecule has 0 radical (unpaired) electrons. The second-order valence-electron chi connectivity index (χ2n) is 4.88. The van der Waals surface area contributed by atoms with Crippen LogP contribution in [0.2, 0.25) is 0 Å². The van der Waals surface area contributed by atoms with Gasteiger partial charge in [0.25, 0.3) is 5.91 Å². The van der Waals surface area contributed by atoms with Crippen molar-refractivity contribution in [2.45, 2.75) is 13.8 Å². The third kappa shape index (κ3) is 4.82. The Morgan fingerprint density at radius 1 is 1.14 bits per heavy atom. The van der Waals surface area contributed by atoms with E-state index < -0.39 is 0 Å². The standard InChI is InChI=1S/C16H21N5O/c1-3-17-9-10-18-16(22)13-5-4-6-14(11-13)19-15-8-7-12(2)20-21-15/h4-8,11,17H,3,9-10H2,1-2H3,(H,18,22)(H,19,21). The highest BCUT2D eigenvalue weighted by molar-refractivity contribution is 5.95. The Kier molecular flexibility index (Phi) is 5.85. The molecule has 0 saturated heterocycles. The summed E-state index contributed by atoms with van der Waals surface area (Å²) in [5.41, 5.74) is 2.28. The van der Waals surface area contributed by atoms with Crippen LogP contribution >= 0.6 is 0 Å². The van der Waals surface area contributed by atoms with Crippen molar-refractivity contribution in [3.63, 3.8) is 0 Å². The van der Waals surface area contributed by atoms with Gasteiger partial charge in [-0.25, -0.2) is 0 Å². The first kappa shape index (κ1) is 15.9. The van der Waals surface area contributed by atoms with E-state index in [1.54, 1.807) is 12.1 Å². The summed E-state index contributed by atoms with van der Waals surface area (Å²) in [7, 11) is 0. The number of nitrogens with one attached hydrogen (secondary N) is 3. The smallest absolute Gasteiger partial charge is 0.251 e. The Morgan fingerprint density at radius 2 is 2.00 bits per heavy atom. The number of rotatable bonds is 7. The number of benzene rings is 1. The van der Waals surface area contributed by atoms with E-state index in [-0.39, 0.29) is 5.91 Å². The molecule has 0 aliphatic rings. The van der Waals surface area contributed by atoms with Gasteiger partial charge in [0.05, 0.1) is 5.69 Å². The molecule has 6 heteroatoms. The Balaban J connectivity index is 1.97. The Bertz CT molecular complexity index is 612. The van der Waals surface area contributed by atoms with Gasteiger partial charge in [0, 0.05) is 24.3 Å². The maximum atomic E-state index is 12.1. The highest BCUT2D eigenvalue weighted by Gasteiger charge is 2.06. The van der Waals surface area contributed by atoms with Crippen molar-refractivity contribution >= 4 is 17.4 Å². The predicted octanol–water partition coefficient (Wildman–Crippen LogP) is 1.87. The van der Waals surface area contributed by atoms with Gasteiger partial charge >= 0.3 is 0 Å². The monoisotopic (exact) mass is 299 g/mol. The molecular weight excluding hydrogens is 278 g/mol. The van der Waals surface area contributed by atoms with Gasteiger partial charge in [-0.1, -0.05) is 13.0 Å². The van der Waals surface area contributed by atoms with Crippen LogP contribution in [0.3, 0.4) is 0 Å². The lowest BCUT2D eigenvalue weighted by Gasteiger charge is -2.08. The molecule has 0 aliphatic heterocycles. The van der Waals surface area contributed by atoms with Gasteiger partial charge in [-0.05, 0) is 43.8 Å². The number of amides is 1. The van der Waals surface area contributed by atoms with E-state index in [2.05, 4.69) is 26.1 Å². The first-order valence-corrected chi connectivity index (χ1v) is 7.35. The largest absolute Gasteiger partial charge is 0.351 e. The molecule has 0 spiro atoms. The molecule has 0 bridgehead atoms. The molecule has 116 valence electrons. The number of hydrogen-bond acceptors (Lipinski definition) is 5. The number of nitrogens with zero attached hydrogens (tertiary/aromatic N) is 2. The summed E-state index contributed by atoms with van der Waals surface area (Å²) in [6, 6.07) is 11.0. The van der Waals surface area contributed by atoms with Crippen LogP contribution in [0.1, 0.15) is 23.0 Å². The normalized spacial score (nSPS) is 10.3. The molecule has 0 unspecified atom stereocenters. The summed E-state index contributed by atoms with van der Waals surface area (Å²) >= 11 is 0. The lowest BCUT2D eigenvalue weighted by molar-refractivity contribution is 0.0954. The Morgan fingerprint density at radius 3 is 2.73 bits per heavy atom. The van der Waals surface area contributed by atoms with Gasteiger partial charge in [-0.3, -0.25) is 4.79 Å². The minimum atomic E-state index is -0.0865. The van der Waals surface area contributed by atoms with Crippen molar-refractivity contribution in [3.05, 3.63) is 47.7 Å². The average Bonchev–Trinajstić information content (AvgIpc) is 2.54. The molecule has 1 heterocycles. The summed E-state index contributed by atoms with van der Waals surface area (Å²) in [5.74, 6) is 0.562. The minimum absolute atomic E-state index is 0.0865. The molecule has 1 amide bonds. The molecule has 22 heavy (non-hydrogen) atoms. The van der Waals surface area contributed by atoms with E-state index in [4.69, 9.17) is 0 Å². The molecular formula is C16H21N5O. The second-order valence-corrected chi connectivity index (χ2v) is 4.88. The molecule has 2 aromatic rings. The molecule has 3 N–H and O–H groups in total. The van der Waals surface area contributed by atoms with Crippen LogP contribution in [-0.2, 0) is 0 Å². The van der Waals surface area contributed by atoms with Gasteiger partial charge in [-0.15, -0.1) is 5.10 Å². The van der Waals surface area contributed by atoms with E-state index in [0.29, 0.717) is 17.9 Å². The fourth-order valence-electron chi connectivity index (χ4n) is 1.89. The number of hydrogen-bond donors (Lipinski definition) is 3. The Labute approximate surface area is 130 Å². The summed E-state index contributed by atoms with van der Waals surface area (Å²) in [6.07, 6.45) is 0. The SMILES string of the molecule is CCNCCNC(=O)c1cccc(Nc2ccc(C)nn2)c1. The number of aryl methyl sites for hydroxylation is 1. The van der Waals surface area contributed by atoms with Crippen LogP contribution in [0.15, 0.2) is 36.4 Å². The highest BCUT2D eigenvalue weighted by Crippen LogP contribution is 2.15. The lowest BCUT2D eigenvalue weighted by Crippen LogP contribution is -2.31. The fraction of sp³-hybridized carbons (Fsp3) is 0.312. The van der Waals surface area contributed by atoms with Gasteiger partial charge in [0.15, 0.2) is 5.82 Å². The van der Waals surface area contributed by atoms with E-state index in [1.807, 2.05) is 38.1 Å². The fourth-order valence-corrected chi connectivity index (χ4v) is 1.89. The summed E-state index contributed by atoms with van der Waals surface area (Å²) in [4.78, 5) is 12.1. The van der Waals surface area contributed by atoms with Crippen LogP contribution in [0, 0.1) is 6.92 Å². The topological polar surface area (TPSA) is 78.9 Å². The first-order chi connectivity index (χ1) is 10.7. The van der Waals surface area contributed by atoms with Gasteiger partial charge in [0.1, 0.15) is 0 Å². The number of likely N-dealkylation sites (N-methyl/N-ethyl adjacent to an activating group) is 1. The van der Waals surface area contributed by atoms with Gasteiger partial charge in [-0.2, -0.15) is 5.10 Å². The Hall–Kier alpha value is -2.47. The van der Waals surface area contributed by atoms with Crippen LogP contribution < -0.4 is 16.0 Å². The molecule has 6 nitrogen and oxygen atoms in total. The average molecular weight is 299 g/mol. The van der Waals surface area contributed by atoms with E-state index in [1.165, 1.54) is 0 Å². The van der Waals surface area contributed by atoms with Crippen LogP contribution in [0.4, 0.5) is 11.5 Å². The van der Waals surface area contributed by atoms with E-state index in [9.17, 15) is 4.79 Å². The van der Waals surface area contributed by atoms with Crippen molar-refractivity contribution in [1.82, 2.24) is 20.8 Å². The zero-order valence-electron chi connectivity index (χ0n) is 12.9. The third-order valence-electron chi connectivity index (χ3n) is 3.03. The van der Waals surface area contributed by atoms with Crippen molar-refractivity contribution < 1.29 is 4.79 Å². The maximum Gasteiger partial charge on any atom is 0.251 e. The number of carbonyl (C=O) groups excluding carboxylic acids is 1. The zero-order chi connectivity index (χ0) is 15.8. The molecule has 0 aliphatic carbocycles. The number of aromatic nitrogens is 2. The third-order valence-corrected chi connectivity index (χ3v) is 3.03. The highest BCUT2D eigenvalue weighted by atomic mass is 16.1. The molecule has 2 rings (SSSR count). The first-order valence-electron chi connectivity index (χ1n) is 7.35. The van der Waals surface area contributed by atoms with Gasteiger partial charge < -0.3 is 16.0 Å². The number of anilines is 2. The van der Waals surface area contributed by atoms with Crippen molar-refractivity contribution in [2.24, 2.45) is 0 Å². The van der Waals surface area contributed by atoms with Crippen molar-refractivity contribution in [3.8, 4) is 0 Å². The zero-order valence-corrected chi connectivity index (χ0v) is 12.9. The van der Waals surface area contributed by atoms with Crippen LogP contribution in [0.5, 0.6) is 0 Å². The molecule has 0 fully saturated rings. The van der Waals surface area contributed by atoms with Gasteiger partial charge in [0.2, 0.25) is 0 Å². The summed E-state index contributed by atoms with van der Waals surface area (Å²) < 4.78 is 0. The second kappa shape index (κ2) is 8.09. The number of carbonyl (C=O) groups is 1. The summed E-state index contributed by atoms with van der Waals surface area (Å²) in [5, 5.41) is 17.2. The van der Waals surface area contributed by atoms with E-state index in [0.717, 1.165) is 24.5 Å². The van der Waals surface area contributed by atoms with Crippen molar-refractivity contribution in [1.29, 1.82) is 0 Å². The lowest BCUT2D eigenvalue weighted by atomic mass is 10.2. The van der Waals surface area contributed by atoms with Crippen molar-refractivity contribution in [2.75, 3.05) is 25.0 Å². The van der Waals surface area contributed by atoms with E-state index >= 15 is 0 Å². The minimum Gasteiger partial charge on any atom is -0.351 e. The molecule has 0 saturated carbocycles. The predicted molar refractivity (Wildman–Crippen MR) is 87.4 cm³/mol. The van der Waals surface area contributed by atoms with Crippen LogP contribution in [0.25, 0.3) is 0 Å². The molecule has 0 atom stereocenters. The maximum absolute atomic E-state index is 12.1. The molecule has 1 aromatic carbocycles. The summed E-state index contributed by atoms with van der Waals surface area (Å²) in [6.45, 7) is 6.18. The quantitative estimate of drug-likeness (QED) is 0.680. The molecule has 1 aromatic heterocycles. The van der Waals surface area contributed by atoms with Crippen LogP contribution in [-0.4, -0.2) is 35.7 Å².